The molecule has 0 aromatic carbocycles. The van der Waals surface area contributed by atoms with Gasteiger partial charge in [-0.05, 0) is 69.2 Å². The third-order valence-corrected chi connectivity index (χ3v) is 9.99. The average Bonchev–Trinajstić information content (AvgIpc) is 2.88. The Morgan fingerprint density at radius 1 is 0.944 bits per heavy atom. The average molecular weight is 524 g/mol. The summed E-state index contributed by atoms with van der Waals surface area (Å²) < 4.78 is 21.2. The first-order valence-corrected chi connectivity index (χ1v) is 15.9. The summed E-state index contributed by atoms with van der Waals surface area (Å²) in [4.78, 5) is 0. The van der Waals surface area contributed by atoms with Gasteiger partial charge in [-0.25, -0.2) is 0 Å². The third-order valence-electron chi connectivity index (χ3n) is 8.86. The molecular weight excluding hydrogens is 470 g/mol. The first kappa shape index (κ1) is 28.7. The van der Waals surface area contributed by atoms with Gasteiger partial charge in [-0.1, -0.05) is 44.7 Å². The lowest BCUT2D eigenvalue weighted by Gasteiger charge is -2.56. The van der Waals surface area contributed by atoms with E-state index in [1.807, 2.05) is 11.9 Å². The van der Waals surface area contributed by atoms with Crippen LogP contribution in [0.4, 0.5) is 0 Å². The normalized spacial score (nSPS) is 33.5. The minimum absolute atomic E-state index is 0.566. The van der Waals surface area contributed by atoms with E-state index in [0.717, 1.165) is 99.8 Å². The van der Waals surface area contributed by atoms with Crippen LogP contribution in [0.3, 0.4) is 0 Å². The molecule has 3 N–H and O–H groups in total. The van der Waals surface area contributed by atoms with Crippen LogP contribution < -0.4 is 15.4 Å². The maximum absolute atomic E-state index is 6.07. The first-order valence-electron chi connectivity index (χ1n) is 15.1. The lowest BCUT2D eigenvalue weighted by atomic mass is 9.60. The summed E-state index contributed by atoms with van der Waals surface area (Å²) in [6, 6.07) is 0. The highest BCUT2D eigenvalue weighted by Crippen LogP contribution is 2.50. The smallest absolute Gasteiger partial charge is 0.0646 e. The maximum Gasteiger partial charge on any atom is 0.0646 e. The molecular formula is C29H53N3O3S. The zero-order valence-corrected chi connectivity index (χ0v) is 23.6. The van der Waals surface area contributed by atoms with Crippen molar-refractivity contribution in [2.45, 2.75) is 95.0 Å². The van der Waals surface area contributed by atoms with Crippen LogP contribution in [0, 0.1) is 23.7 Å². The Labute approximate surface area is 224 Å². The van der Waals surface area contributed by atoms with Crippen molar-refractivity contribution < 1.29 is 14.2 Å². The molecule has 7 unspecified atom stereocenters. The van der Waals surface area contributed by atoms with Gasteiger partial charge in [0.1, 0.15) is 0 Å². The molecule has 6 nitrogen and oxygen atoms in total. The number of rotatable bonds is 18. The molecule has 7 atom stereocenters. The molecule has 2 aliphatic carbocycles. The molecule has 0 aromatic rings. The van der Waals surface area contributed by atoms with E-state index in [9.17, 15) is 0 Å². The lowest BCUT2D eigenvalue weighted by Crippen LogP contribution is -2.61. The molecule has 5 fully saturated rings. The maximum atomic E-state index is 6.07. The van der Waals surface area contributed by atoms with E-state index >= 15 is 0 Å². The topological polar surface area (TPSA) is 63.8 Å². The minimum Gasteiger partial charge on any atom is -0.387 e. The number of unbranched alkanes of at least 4 members (excludes halogenated alkanes) is 2. The molecule has 208 valence electrons. The molecule has 5 rings (SSSR count). The van der Waals surface area contributed by atoms with Gasteiger partial charge in [-0.2, -0.15) is 0 Å². The summed E-state index contributed by atoms with van der Waals surface area (Å²) in [7, 11) is 0. The van der Waals surface area contributed by atoms with Gasteiger partial charge < -0.3 is 24.8 Å². The van der Waals surface area contributed by atoms with E-state index in [1.165, 1.54) is 58.0 Å². The molecule has 0 amide bonds. The Morgan fingerprint density at radius 2 is 1.72 bits per heavy atom. The second kappa shape index (κ2) is 15.9. The fourth-order valence-corrected chi connectivity index (χ4v) is 8.05. The van der Waals surface area contributed by atoms with Crippen LogP contribution in [-0.2, 0) is 14.2 Å². The van der Waals surface area contributed by atoms with Crippen LogP contribution in [0.1, 0.15) is 77.6 Å². The molecule has 0 spiro atoms. The van der Waals surface area contributed by atoms with Crippen molar-refractivity contribution in [1.29, 1.82) is 0 Å². The molecule has 36 heavy (non-hydrogen) atoms. The lowest BCUT2D eigenvalue weighted by molar-refractivity contribution is -0.221. The zero-order valence-electron chi connectivity index (χ0n) is 22.8. The van der Waals surface area contributed by atoms with Gasteiger partial charge in [-0.3, -0.25) is 4.72 Å². The van der Waals surface area contributed by atoms with E-state index in [2.05, 4.69) is 28.9 Å². The number of nitrogens with one attached hydrogen (secondary N) is 3. The quantitative estimate of drug-likeness (QED) is 0.174. The van der Waals surface area contributed by atoms with Gasteiger partial charge in [-0.15, -0.1) is 0 Å². The third kappa shape index (κ3) is 8.88. The summed E-state index contributed by atoms with van der Waals surface area (Å²) in [6.07, 6.45) is 15.0. The Kier molecular flexibility index (Phi) is 12.7. The van der Waals surface area contributed by atoms with Crippen LogP contribution in [0.5, 0.6) is 0 Å². The van der Waals surface area contributed by atoms with Crippen molar-refractivity contribution in [3.05, 3.63) is 12.3 Å². The monoisotopic (exact) mass is 523 g/mol. The predicted molar refractivity (Wildman–Crippen MR) is 150 cm³/mol. The van der Waals surface area contributed by atoms with Crippen LogP contribution in [-0.4, -0.2) is 70.1 Å². The largest absolute Gasteiger partial charge is 0.387 e. The SMILES string of the molecule is C=C(CCC)NCCOCCCCCOCCNSC1CCCC(C2CNCC3C4CC(CC23)O4)C1. The Bertz CT molecular complexity index is 633. The summed E-state index contributed by atoms with van der Waals surface area (Å²) in [6.45, 7) is 13.7. The van der Waals surface area contributed by atoms with E-state index in [0.29, 0.717) is 12.2 Å². The fourth-order valence-electron chi connectivity index (χ4n) is 6.98. The van der Waals surface area contributed by atoms with Gasteiger partial charge in [0, 0.05) is 56.1 Å². The van der Waals surface area contributed by atoms with Crippen molar-refractivity contribution in [3.63, 3.8) is 0 Å². The van der Waals surface area contributed by atoms with Crippen molar-refractivity contribution in [3.8, 4) is 0 Å². The van der Waals surface area contributed by atoms with E-state index in [-0.39, 0.29) is 0 Å². The molecule has 0 aromatic heterocycles. The van der Waals surface area contributed by atoms with Gasteiger partial charge in [0.15, 0.2) is 0 Å². The highest BCUT2D eigenvalue weighted by molar-refractivity contribution is 7.98. The molecule has 0 radical (unpaired) electrons. The van der Waals surface area contributed by atoms with E-state index in [1.54, 1.807) is 0 Å². The molecule has 3 heterocycles. The standard InChI is InChI=1S/C29H53N3O3S/c1-3-8-22(2)31-11-15-33-13-5-4-6-14-34-16-12-32-36-25-10-7-9-23(17-25)27-20-30-21-28-26(27)18-24-19-29(28)35-24/h23-32H,2-21H2,1H3. The van der Waals surface area contributed by atoms with Crippen molar-refractivity contribution in [1.82, 2.24) is 15.4 Å². The summed E-state index contributed by atoms with van der Waals surface area (Å²) in [5.74, 6) is 3.46. The Hall–Kier alpha value is -0.310. The second-order valence-electron chi connectivity index (χ2n) is 11.5. The Balaban J connectivity index is 0.959. The van der Waals surface area contributed by atoms with Crippen LogP contribution in [0.2, 0.25) is 0 Å². The van der Waals surface area contributed by atoms with Crippen LogP contribution in [0.15, 0.2) is 12.3 Å². The number of hydrogen-bond donors (Lipinski definition) is 3. The molecule has 7 heteroatoms. The van der Waals surface area contributed by atoms with Gasteiger partial charge >= 0.3 is 0 Å². The highest BCUT2D eigenvalue weighted by Gasteiger charge is 2.52. The van der Waals surface area contributed by atoms with Crippen molar-refractivity contribution in [2.75, 3.05) is 52.6 Å². The van der Waals surface area contributed by atoms with E-state index < -0.39 is 0 Å². The Morgan fingerprint density at radius 3 is 2.53 bits per heavy atom. The number of piperidine rings is 1. The number of ether oxygens (including phenoxy) is 3. The molecule has 5 aliphatic rings. The van der Waals surface area contributed by atoms with Crippen molar-refractivity contribution in [2.24, 2.45) is 23.7 Å². The number of allylic oxidation sites excluding steroid dienone is 1. The molecule has 2 saturated carbocycles. The summed E-state index contributed by atoms with van der Waals surface area (Å²) in [5.41, 5.74) is 1.12. The van der Waals surface area contributed by atoms with Gasteiger partial charge in [0.25, 0.3) is 0 Å². The van der Waals surface area contributed by atoms with Crippen molar-refractivity contribution >= 4 is 11.9 Å². The van der Waals surface area contributed by atoms with Crippen LogP contribution >= 0.6 is 11.9 Å². The molecule has 3 aliphatic heterocycles. The first-order chi connectivity index (χ1) is 17.7. The van der Waals surface area contributed by atoms with Gasteiger partial charge in [0.05, 0.1) is 25.4 Å². The molecule has 2 bridgehead atoms. The zero-order chi connectivity index (χ0) is 25.0. The van der Waals surface area contributed by atoms with E-state index in [4.69, 9.17) is 14.2 Å². The second-order valence-corrected chi connectivity index (χ2v) is 12.7. The molecule has 3 saturated heterocycles. The predicted octanol–water partition coefficient (Wildman–Crippen LogP) is 4.90. The summed E-state index contributed by atoms with van der Waals surface area (Å²) in [5, 5.41) is 7.85. The van der Waals surface area contributed by atoms with Crippen LogP contribution in [0.25, 0.3) is 0 Å². The van der Waals surface area contributed by atoms with Gasteiger partial charge in [0.2, 0.25) is 0 Å². The highest BCUT2D eigenvalue weighted by atomic mass is 32.2. The minimum atomic E-state index is 0.566. The fraction of sp³-hybridized carbons (Fsp3) is 0.931. The number of hydrogen-bond acceptors (Lipinski definition) is 7. The summed E-state index contributed by atoms with van der Waals surface area (Å²) >= 11 is 1.99.